The number of sulfonamides is 1. The van der Waals surface area contributed by atoms with E-state index in [0.29, 0.717) is 16.3 Å². The molecule has 3 rings (SSSR count). The Morgan fingerprint density at radius 3 is 2.90 bits per heavy atom. The third-order valence-corrected chi connectivity index (χ3v) is 5.76. The molecule has 0 amide bonds. The van der Waals surface area contributed by atoms with Crippen LogP contribution in [-0.4, -0.2) is 26.2 Å². The monoisotopic (exact) mass is 321 g/mol. The van der Waals surface area contributed by atoms with Gasteiger partial charge >= 0.3 is 0 Å². The van der Waals surface area contributed by atoms with Crippen molar-refractivity contribution in [2.24, 2.45) is 0 Å². The van der Waals surface area contributed by atoms with E-state index in [1.165, 1.54) is 30.8 Å². The number of Topliss-reactive ketones (excluding diaryl/α,β-unsaturated/α-hetero) is 1. The SMILES string of the molecule is CN1c2ccsc2C(=O)/C(=C/Nc2cccnc2)S1(=O)=O. The van der Waals surface area contributed by atoms with Crippen LogP contribution in [0.1, 0.15) is 9.67 Å². The normalized spacial score (nSPS) is 18.6. The summed E-state index contributed by atoms with van der Waals surface area (Å²) in [6, 6.07) is 5.06. The number of aromatic nitrogens is 1. The van der Waals surface area contributed by atoms with Gasteiger partial charge in [0.1, 0.15) is 4.88 Å². The van der Waals surface area contributed by atoms with Crippen molar-refractivity contribution in [3.8, 4) is 0 Å². The summed E-state index contributed by atoms with van der Waals surface area (Å²) in [4.78, 5) is 16.4. The van der Waals surface area contributed by atoms with E-state index >= 15 is 0 Å². The van der Waals surface area contributed by atoms with Crippen LogP contribution in [0.5, 0.6) is 0 Å². The van der Waals surface area contributed by atoms with Crippen LogP contribution < -0.4 is 9.62 Å². The number of pyridine rings is 1. The molecule has 0 bridgehead atoms. The van der Waals surface area contributed by atoms with E-state index in [9.17, 15) is 13.2 Å². The smallest absolute Gasteiger partial charge is 0.269 e. The fourth-order valence-corrected chi connectivity index (χ4v) is 4.21. The van der Waals surface area contributed by atoms with Gasteiger partial charge < -0.3 is 5.32 Å². The molecule has 8 heteroatoms. The lowest BCUT2D eigenvalue weighted by atomic mass is 10.2. The van der Waals surface area contributed by atoms with Crippen molar-refractivity contribution in [3.63, 3.8) is 0 Å². The number of carbonyl (C=O) groups excluding carboxylic acids is 1. The zero-order valence-corrected chi connectivity index (χ0v) is 12.6. The second-order valence-corrected chi connectivity index (χ2v) is 7.19. The van der Waals surface area contributed by atoms with E-state index in [1.54, 1.807) is 29.8 Å². The quantitative estimate of drug-likeness (QED) is 0.857. The molecule has 2 aromatic heterocycles. The number of allylic oxidation sites excluding steroid dienone is 1. The first-order chi connectivity index (χ1) is 10.0. The minimum Gasteiger partial charge on any atom is -0.359 e. The zero-order valence-electron chi connectivity index (χ0n) is 11.0. The van der Waals surface area contributed by atoms with Crippen molar-refractivity contribution in [1.29, 1.82) is 0 Å². The Hall–Kier alpha value is -2.19. The number of rotatable bonds is 2. The van der Waals surface area contributed by atoms with E-state index in [2.05, 4.69) is 10.3 Å². The van der Waals surface area contributed by atoms with Gasteiger partial charge in [-0.25, -0.2) is 8.42 Å². The molecule has 0 radical (unpaired) electrons. The molecule has 0 saturated heterocycles. The van der Waals surface area contributed by atoms with Crippen LogP contribution >= 0.6 is 11.3 Å². The van der Waals surface area contributed by atoms with Gasteiger partial charge in [-0.05, 0) is 23.6 Å². The molecular formula is C13H11N3O3S2. The molecule has 0 unspecified atom stereocenters. The van der Waals surface area contributed by atoms with Gasteiger partial charge in [0.2, 0.25) is 5.78 Å². The van der Waals surface area contributed by atoms with E-state index in [0.717, 1.165) is 4.31 Å². The molecule has 1 N–H and O–H groups in total. The van der Waals surface area contributed by atoms with Crippen molar-refractivity contribution in [1.82, 2.24) is 4.98 Å². The number of nitrogens with one attached hydrogen (secondary N) is 1. The fourth-order valence-electron chi connectivity index (χ4n) is 1.96. The Labute approximate surface area is 125 Å². The maximum absolute atomic E-state index is 12.4. The summed E-state index contributed by atoms with van der Waals surface area (Å²) in [5.74, 6) is -0.491. The predicted octanol–water partition coefficient (Wildman–Crippen LogP) is 2.06. The molecule has 21 heavy (non-hydrogen) atoms. The number of hydrogen-bond acceptors (Lipinski definition) is 6. The van der Waals surface area contributed by atoms with Crippen molar-refractivity contribution in [2.75, 3.05) is 16.7 Å². The second-order valence-electron chi connectivity index (χ2n) is 4.33. The lowest BCUT2D eigenvalue weighted by Crippen LogP contribution is -2.35. The topological polar surface area (TPSA) is 79.4 Å². The minimum atomic E-state index is -3.84. The summed E-state index contributed by atoms with van der Waals surface area (Å²) in [6.45, 7) is 0. The number of ketones is 1. The Balaban J connectivity index is 2.04. The van der Waals surface area contributed by atoms with Crippen LogP contribution in [0.15, 0.2) is 47.1 Å². The van der Waals surface area contributed by atoms with Gasteiger partial charge in [0.05, 0.1) is 17.6 Å². The third kappa shape index (κ3) is 2.22. The van der Waals surface area contributed by atoms with Gasteiger partial charge in [0.25, 0.3) is 10.0 Å². The second kappa shape index (κ2) is 4.97. The standard InChI is InChI=1S/C13H11N3O3S2/c1-16-10-4-6-20-13(10)12(17)11(21(16,18)19)8-15-9-3-2-5-14-7-9/h2-8,15H,1H3/b11-8-. The Morgan fingerprint density at radius 1 is 1.38 bits per heavy atom. The molecule has 0 spiro atoms. The van der Waals surface area contributed by atoms with E-state index in [-0.39, 0.29) is 4.91 Å². The van der Waals surface area contributed by atoms with Gasteiger partial charge in [-0.3, -0.25) is 14.1 Å². The average Bonchev–Trinajstić information content (AvgIpc) is 2.95. The van der Waals surface area contributed by atoms with Gasteiger partial charge in [-0.1, -0.05) is 0 Å². The van der Waals surface area contributed by atoms with Crippen LogP contribution in [0.4, 0.5) is 11.4 Å². The zero-order chi connectivity index (χ0) is 15.0. The first-order valence-electron chi connectivity index (χ1n) is 5.99. The number of carbonyl (C=O) groups is 1. The number of thiophene rings is 1. The van der Waals surface area contributed by atoms with E-state index in [4.69, 9.17) is 0 Å². The van der Waals surface area contributed by atoms with Crippen molar-refractivity contribution in [2.45, 2.75) is 0 Å². The number of nitrogens with zero attached hydrogens (tertiary/aromatic N) is 2. The summed E-state index contributed by atoms with van der Waals surface area (Å²) < 4.78 is 25.9. The molecule has 6 nitrogen and oxygen atoms in total. The maximum Gasteiger partial charge on any atom is 0.269 e. The van der Waals surface area contributed by atoms with Crippen LogP contribution in [0.3, 0.4) is 0 Å². The highest BCUT2D eigenvalue weighted by Crippen LogP contribution is 2.37. The summed E-state index contributed by atoms with van der Waals surface area (Å²) in [6.07, 6.45) is 4.36. The van der Waals surface area contributed by atoms with Gasteiger partial charge in [0.15, 0.2) is 4.91 Å². The van der Waals surface area contributed by atoms with E-state index in [1.807, 2.05) is 0 Å². The molecule has 3 heterocycles. The van der Waals surface area contributed by atoms with Crippen molar-refractivity contribution >= 4 is 38.5 Å². The largest absolute Gasteiger partial charge is 0.359 e. The minimum absolute atomic E-state index is 0.274. The molecule has 0 aliphatic carbocycles. The van der Waals surface area contributed by atoms with Crippen LogP contribution in [0.2, 0.25) is 0 Å². The molecule has 0 aromatic carbocycles. The Kier molecular flexibility index (Phi) is 3.26. The highest BCUT2D eigenvalue weighted by molar-refractivity contribution is 7.97. The predicted molar refractivity (Wildman–Crippen MR) is 81.9 cm³/mol. The lowest BCUT2D eigenvalue weighted by molar-refractivity contribution is 0.104. The molecule has 108 valence electrons. The molecule has 1 aliphatic heterocycles. The maximum atomic E-state index is 12.4. The lowest BCUT2D eigenvalue weighted by Gasteiger charge is -2.25. The highest BCUT2D eigenvalue weighted by atomic mass is 32.2. The summed E-state index contributed by atoms with van der Waals surface area (Å²) in [7, 11) is -2.40. The number of fused-ring (bicyclic) bond motifs is 1. The van der Waals surface area contributed by atoms with E-state index < -0.39 is 15.8 Å². The summed E-state index contributed by atoms with van der Waals surface area (Å²) in [5.41, 5.74) is 1.02. The van der Waals surface area contributed by atoms with Crippen LogP contribution in [-0.2, 0) is 10.0 Å². The Morgan fingerprint density at radius 2 is 2.19 bits per heavy atom. The molecule has 1 aliphatic rings. The van der Waals surface area contributed by atoms with Gasteiger partial charge in [-0.15, -0.1) is 11.3 Å². The molecule has 2 aromatic rings. The van der Waals surface area contributed by atoms with Gasteiger partial charge in [-0.2, -0.15) is 0 Å². The summed E-state index contributed by atoms with van der Waals surface area (Å²) in [5, 5.41) is 4.50. The number of anilines is 2. The van der Waals surface area contributed by atoms with Gasteiger partial charge in [0, 0.05) is 19.4 Å². The molecule has 0 saturated carbocycles. The average molecular weight is 321 g/mol. The summed E-state index contributed by atoms with van der Waals surface area (Å²) >= 11 is 1.23. The number of hydrogen-bond donors (Lipinski definition) is 1. The molecular weight excluding hydrogens is 310 g/mol. The third-order valence-electron chi connectivity index (χ3n) is 3.08. The molecule has 0 atom stereocenters. The van der Waals surface area contributed by atoms with Crippen molar-refractivity contribution < 1.29 is 13.2 Å². The fraction of sp³-hybridized carbons (Fsp3) is 0.0769. The Bertz CT molecular complexity index is 825. The first kappa shape index (κ1) is 13.8. The van der Waals surface area contributed by atoms with Crippen LogP contribution in [0, 0.1) is 0 Å². The molecule has 0 fully saturated rings. The first-order valence-corrected chi connectivity index (χ1v) is 8.31. The van der Waals surface area contributed by atoms with Crippen molar-refractivity contribution in [3.05, 3.63) is 52.0 Å². The van der Waals surface area contributed by atoms with Crippen LogP contribution in [0.25, 0.3) is 0 Å². The highest BCUT2D eigenvalue weighted by Gasteiger charge is 2.39.